The summed E-state index contributed by atoms with van der Waals surface area (Å²) in [4.78, 5) is 2.48. The van der Waals surface area contributed by atoms with Crippen molar-refractivity contribution in [3.63, 3.8) is 0 Å². The van der Waals surface area contributed by atoms with Crippen LogP contribution in [-0.4, -0.2) is 40.7 Å². The van der Waals surface area contributed by atoms with E-state index < -0.39 is 0 Å². The zero-order valence-electron chi connectivity index (χ0n) is 19.3. The quantitative estimate of drug-likeness (QED) is 0.573. The van der Waals surface area contributed by atoms with Crippen LogP contribution in [0.3, 0.4) is 0 Å². The Balaban J connectivity index is 1.52. The van der Waals surface area contributed by atoms with Gasteiger partial charge in [-0.05, 0) is 78.1 Å². The van der Waals surface area contributed by atoms with Crippen LogP contribution in [0.1, 0.15) is 42.9 Å². The molecule has 0 aromatic heterocycles. The second-order valence-corrected chi connectivity index (χ2v) is 8.83. The van der Waals surface area contributed by atoms with Crippen molar-refractivity contribution < 1.29 is 14.2 Å². The molecule has 1 fully saturated rings. The van der Waals surface area contributed by atoms with Crippen LogP contribution in [0.5, 0.6) is 5.75 Å². The number of allylic oxidation sites excluding steroid dienone is 1. The molecule has 1 atom stereocenters. The Morgan fingerprint density at radius 1 is 0.903 bits per heavy atom. The number of aryl methyl sites for hydroxylation is 1. The highest BCUT2D eigenvalue weighted by atomic mass is 16.7. The molecule has 1 heterocycles. The number of fused-ring (bicyclic) bond motifs is 1. The summed E-state index contributed by atoms with van der Waals surface area (Å²) < 4.78 is 16.4. The summed E-state index contributed by atoms with van der Waals surface area (Å²) in [5, 5.41) is 0. The summed E-state index contributed by atoms with van der Waals surface area (Å²) >= 11 is 0. The van der Waals surface area contributed by atoms with Crippen molar-refractivity contribution in [2.24, 2.45) is 11.8 Å². The monoisotopic (exact) mass is 421 g/mol. The zero-order valence-corrected chi connectivity index (χ0v) is 19.3. The van der Waals surface area contributed by atoms with Crippen LogP contribution in [-0.2, 0) is 15.9 Å². The van der Waals surface area contributed by atoms with Crippen molar-refractivity contribution in [2.75, 3.05) is 39.3 Å². The molecule has 4 rings (SSSR count). The van der Waals surface area contributed by atoms with E-state index in [2.05, 4.69) is 60.4 Å². The first kappa shape index (κ1) is 21.9. The molecular weight excluding hydrogens is 386 g/mol. The molecule has 2 aromatic carbocycles. The SMILES string of the molecule is COc1ccc2c(c1)CCC(C)C=C2c1ccc(N2CCC(C(OC)OC)CC2)cc1. The Labute approximate surface area is 186 Å². The van der Waals surface area contributed by atoms with Crippen LogP contribution < -0.4 is 9.64 Å². The third kappa shape index (κ3) is 4.81. The van der Waals surface area contributed by atoms with E-state index in [-0.39, 0.29) is 6.29 Å². The second-order valence-electron chi connectivity index (χ2n) is 8.83. The van der Waals surface area contributed by atoms with Crippen molar-refractivity contribution >= 4 is 11.3 Å². The van der Waals surface area contributed by atoms with E-state index in [1.54, 1.807) is 21.3 Å². The summed E-state index contributed by atoms with van der Waals surface area (Å²) in [6.45, 7) is 4.39. The van der Waals surface area contributed by atoms with E-state index in [1.165, 1.54) is 34.4 Å². The van der Waals surface area contributed by atoms with Crippen molar-refractivity contribution in [2.45, 2.75) is 38.9 Å². The predicted octanol–water partition coefficient (Wildman–Crippen LogP) is 5.54. The van der Waals surface area contributed by atoms with Crippen LogP contribution in [0.25, 0.3) is 5.57 Å². The highest BCUT2D eigenvalue weighted by Crippen LogP contribution is 2.36. The minimum Gasteiger partial charge on any atom is -0.497 e. The first-order valence-corrected chi connectivity index (χ1v) is 11.4. The van der Waals surface area contributed by atoms with Gasteiger partial charge in [0.15, 0.2) is 6.29 Å². The van der Waals surface area contributed by atoms with Gasteiger partial charge in [-0.3, -0.25) is 0 Å². The number of hydrogen-bond donors (Lipinski definition) is 0. The lowest BCUT2D eigenvalue weighted by Gasteiger charge is -2.36. The van der Waals surface area contributed by atoms with Crippen molar-refractivity contribution in [3.05, 3.63) is 65.2 Å². The van der Waals surface area contributed by atoms with Crippen molar-refractivity contribution in [1.29, 1.82) is 0 Å². The average Bonchev–Trinajstić information content (AvgIpc) is 2.99. The maximum atomic E-state index is 5.47. The summed E-state index contributed by atoms with van der Waals surface area (Å²) in [5.74, 6) is 1.97. The molecule has 0 bridgehead atoms. The molecule has 4 heteroatoms. The Hall–Kier alpha value is -2.30. The molecule has 0 amide bonds. The average molecular weight is 422 g/mol. The molecule has 0 saturated carbocycles. The molecule has 0 N–H and O–H groups in total. The molecule has 0 spiro atoms. The molecular formula is C27H35NO3. The minimum absolute atomic E-state index is 0.0904. The van der Waals surface area contributed by atoms with Gasteiger partial charge in [-0.25, -0.2) is 0 Å². The molecule has 1 saturated heterocycles. The van der Waals surface area contributed by atoms with Gasteiger partial charge in [0.05, 0.1) is 7.11 Å². The number of rotatable bonds is 6. The Morgan fingerprint density at radius 3 is 2.26 bits per heavy atom. The maximum Gasteiger partial charge on any atom is 0.159 e. The van der Waals surface area contributed by atoms with Gasteiger partial charge in [-0.2, -0.15) is 0 Å². The molecule has 31 heavy (non-hydrogen) atoms. The van der Waals surface area contributed by atoms with Crippen molar-refractivity contribution in [1.82, 2.24) is 0 Å². The van der Waals surface area contributed by atoms with Crippen LogP contribution in [0.2, 0.25) is 0 Å². The van der Waals surface area contributed by atoms with E-state index in [0.29, 0.717) is 11.8 Å². The molecule has 166 valence electrons. The Bertz CT molecular complexity index is 893. The fourth-order valence-electron chi connectivity index (χ4n) is 5.02. The fraction of sp³-hybridized carbons (Fsp3) is 0.481. The lowest BCUT2D eigenvalue weighted by molar-refractivity contribution is -0.141. The second kappa shape index (κ2) is 9.88. The molecule has 1 unspecified atom stereocenters. The van der Waals surface area contributed by atoms with E-state index in [9.17, 15) is 0 Å². The Kier molecular flexibility index (Phi) is 6.99. The third-order valence-corrected chi connectivity index (χ3v) is 6.86. The number of methoxy groups -OCH3 is 3. The number of benzene rings is 2. The normalized spacial score (nSPS) is 19.7. The number of hydrogen-bond acceptors (Lipinski definition) is 4. The van der Waals surface area contributed by atoms with E-state index in [4.69, 9.17) is 14.2 Å². The van der Waals surface area contributed by atoms with E-state index in [0.717, 1.165) is 38.1 Å². The summed E-state index contributed by atoms with van der Waals surface area (Å²) in [7, 11) is 5.21. The summed E-state index contributed by atoms with van der Waals surface area (Å²) in [6.07, 6.45) is 6.78. The Morgan fingerprint density at radius 2 is 1.61 bits per heavy atom. The van der Waals surface area contributed by atoms with Gasteiger partial charge in [0.2, 0.25) is 0 Å². The lowest BCUT2D eigenvalue weighted by Crippen LogP contribution is -2.39. The van der Waals surface area contributed by atoms with Gasteiger partial charge in [-0.15, -0.1) is 0 Å². The van der Waals surface area contributed by atoms with Gasteiger partial charge < -0.3 is 19.1 Å². The number of anilines is 1. The highest BCUT2D eigenvalue weighted by molar-refractivity contribution is 5.83. The molecule has 0 radical (unpaired) electrons. The number of piperidine rings is 1. The number of nitrogens with zero attached hydrogens (tertiary/aromatic N) is 1. The smallest absolute Gasteiger partial charge is 0.159 e. The van der Waals surface area contributed by atoms with Crippen LogP contribution >= 0.6 is 0 Å². The largest absolute Gasteiger partial charge is 0.497 e. The minimum atomic E-state index is -0.0904. The summed E-state index contributed by atoms with van der Waals surface area (Å²) in [5.41, 5.74) is 6.65. The van der Waals surface area contributed by atoms with E-state index >= 15 is 0 Å². The van der Waals surface area contributed by atoms with Gasteiger partial charge in [0.1, 0.15) is 5.75 Å². The first-order chi connectivity index (χ1) is 15.1. The predicted molar refractivity (Wildman–Crippen MR) is 127 cm³/mol. The third-order valence-electron chi connectivity index (χ3n) is 6.86. The topological polar surface area (TPSA) is 30.9 Å². The lowest BCUT2D eigenvalue weighted by atomic mass is 9.92. The van der Waals surface area contributed by atoms with Gasteiger partial charge in [0, 0.05) is 38.9 Å². The zero-order chi connectivity index (χ0) is 21.8. The molecule has 4 nitrogen and oxygen atoms in total. The van der Waals surface area contributed by atoms with E-state index in [1.807, 2.05) is 0 Å². The summed E-state index contributed by atoms with van der Waals surface area (Å²) in [6, 6.07) is 15.6. The molecule has 1 aliphatic heterocycles. The maximum absolute atomic E-state index is 5.47. The van der Waals surface area contributed by atoms with Gasteiger partial charge in [-0.1, -0.05) is 31.2 Å². The van der Waals surface area contributed by atoms with Crippen LogP contribution in [0.15, 0.2) is 48.5 Å². The highest BCUT2D eigenvalue weighted by Gasteiger charge is 2.26. The molecule has 2 aliphatic rings. The van der Waals surface area contributed by atoms with Crippen LogP contribution in [0.4, 0.5) is 5.69 Å². The fourth-order valence-corrected chi connectivity index (χ4v) is 5.02. The van der Waals surface area contributed by atoms with Gasteiger partial charge in [0.25, 0.3) is 0 Å². The van der Waals surface area contributed by atoms with Gasteiger partial charge >= 0.3 is 0 Å². The van der Waals surface area contributed by atoms with Crippen molar-refractivity contribution in [3.8, 4) is 5.75 Å². The molecule has 1 aliphatic carbocycles. The first-order valence-electron chi connectivity index (χ1n) is 11.4. The number of ether oxygens (including phenoxy) is 3. The standard InChI is InChI=1S/C27H35NO3/c1-19-5-6-22-18-24(29-2)11-12-25(22)26(17-19)20-7-9-23(10-8-20)28-15-13-21(14-16-28)27(30-3)31-4/h7-12,17-19,21,27H,5-6,13-16H2,1-4H3. The van der Waals surface area contributed by atoms with Crippen LogP contribution in [0, 0.1) is 11.8 Å². The molecule has 2 aromatic rings.